The van der Waals surface area contributed by atoms with Crippen molar-refractivity contribution in [1.82, 2.24) is 0 Å². The van der Waals surface area contributed by atoms with E-state index in [9.17, 15) is 4.79 Å². The number of aldehydes is 1. The Morgan fingerprint density at radius 1 is 0.739 bits per heavy atom. The van der Waals surface area contributed by atoms with Gasteiger partial charge in [-0.1, -0.05) is 60.7 Å². The van der Waals surface area contributed by atoms with Crippen LogP contribution >= 0.6 is 0 Å². The van der Waals surface area contributed by atoms with E-state index in [-0.39, 0.29) is 0 Å². The molecule has 0 spiro atoms. The lowest BCUT2D eigenvalue weighted by Crippen LogP contribution is -1.82. The highest BCUT2D eigenvalue weighted by Crippen LogP contribution is 2.31. The van der Waals surface area contributed by atoms with E-state index in [2.05, 4.69) is 48.5 Å². The van der Waals surface area contributed by atoms with Crippen molar-refractivity contribution in [2.24, 2.45) is 0 Å². The number of furan rings is 1. The Bertz CT molecular complexity index is 990. The predicted octanol–water partition coefficient (Wildman–Crippen LogP) is 5.58. The van der Waals surface area contributed by atoms with Crippen molar-refractivity contribution in [2.45, 2.75) is 0 Å². The van der Waals surface area contributed by atoms with Gasteiger partial charge in [0.25, 0.3) is 0 Å². The molecule has 23 heavy (non-hydrogen) atoms. The number of rotatable bonds is 3. The molecule has 0 unspecified atom stereocenters. The molecule has 2 heteroatoms. The Hall–Kier alpha value is -3.13. The smallest absolute Gasteiger partial charge is 0.185 e. The van der Waals surface area contributed by atoms with Crippen LogP contribution in [0.2, 0.25) is 0 Å². The minimum Gasteiger partial charge on any atom is -0.453 e. The predicted molar refractivity (Wildman–Crippen MR) is 92.5 cm³/mol. The second-order valence-corrected chi connectivity index (χ2v) is 5.43. The van der Waals surface area contributed by atoms with E-state index < -0.39 is 0 Å². The van der Waals surface area contributed by atoms with E-state index in [1.165, 1.54) is 16.3 Å². The molecule has 110 valence electrons. The Morgan fingerprint density at radius 2 is 1.52 bits per heavy atom. The fourth-order valence-electron chi connectivity index (χ4n) is 2.89. The molecule has 3 aromatic carbocycles. The van der Waals surface area contributed by atoms with Crippen LogP contribution < -0.4 is 0 Å². The Labute approximate surface area is 134 Å². The monoisotopic (exact) mass is 298 g/mol. The van der Waals surface area contributed by atoms with Crippen molar-refractivity contribution in [3.8, 4) is 22.5 Å². The van der Waals surface area contributed by atoms with E-state index in [0.29, 0.717) is 11.5 Å². The number of benzene rings is 3. The molecule has 0 saturated carbocycles. The molecule has 1 aromatic heterocycles. The maximum atomic E-state index is 10.8. The van der Waals surface area contributed by atoms with Crippen molar-refractivity contribution in [3.63, 3.8) is 0 Å². The second-order valence-electron chi connectivity index (χ2n) is 5.43. The largest absolute Gasteiger partial charge is 0.453 e. The highest BCUT2D eigenvalue weighted by molar-refractivity contribution is 5.97. The maximum absolute atomic E-state index is 10.8. The Balaban J connectivity index is 1.86. The molecule has 0 N–H and O–H groups in total. The quantitative estimate of drug-likeness (QED) is 0.462. The van der Waals surface area contributed by atoms with E-state index in [1.54, 1.807) is 6.07 Å². The minimum atomic E-state index is 0.343. The van der Waals surface area contributed by atoms with Gasteiger partial charge < -0.3 is 4.42 Å². The van der Waals surface area contributed by atoms with E-state index in [1.807, 2.05) is 24.3 Å². The molecule has 0 radical (unpaired) electrons. The van der Waals surface area contributed by atoms with Gasteiger partial charge in [0.05, 0.1) is 0 Å². The van der Waals surface area contributed by atoms with Crippen molar-refractivity contribution in [1.29, 1.82) is 0 Å². The van der Waals surface area contributed by atoms with Gasteiger partial charge in [-0.15, -0.1) is 0 Å². The van der Waals surface area contributed by atoms with Gasteiger partial charge in [0.15, 0.2) is 12.0 Å². The average molecular weight is 298 g/mol. The van der Waals surface area contributed by atoms with Crippen LogP contribution in [0.3, 0.4) is 0 Å². The zero-order valence-electron chi connectivity index (χ0n) is 12.4. The van der Waals surface area contributed by atoms with Gasteiger partial charge in [-0.2, -0.15) is 0 Å². The summed E-state index contributed by atoms with van der Waals surface area (Å²) >= 11 is 0. The number of fused-ring (bicyclic) bond motifs is 1. The summed E-state index contributed by atoms with van der Waals surface area (Å²) in [5, 5.41) is 2.44. The first-order chi connectivity index (χ1) is 11.3. The first-order valence-corrected chi connectivity index (χ1v) is 7.49. The summed E-state index contributed by atoms with van der Waals surface area (Å²) in [5.74, 6) is 1.05. The lowest BCUT2D eigenvalue weighted by molar-refractivity contribution is 0.110. The van der Waals surface area contributed by atoms with Gasteiger partial charge in [-0.05, 0) is 40.1 Å². The van der Waals surface area contributed by atoms with Gasteiger partial charge in [-0.25, -0.2) is 0 Å². The number of carbonyl (C=O) groups is 1. The fraction of sp³-hybridized carbons (Fsp3) is 0. The van der Waals surface area contributed by atoms with Gasteiger partial charge in [0.2, 0.25) is 0 Å². The summed E-state index contributed by atoms with van der Waals surface area (Å²) < 4.78 is 5.53. The molecule has 2 nitrogen and oxygen atoms in total. The molecule has 0 aliphatic rings. The first kappa shape index (κ1) is 13.5. The normalized spacial score (nSPS) is 10.8. The lowest BCUT2D eigenvalue weighted by atomic mass is 9.97. The molecule has 4 aromatic rings. The van der Waals surface area contributed by atoms with Gasteiger partial charge in [0, 0.05) is 5.56 Å². The van der Waals surface area contributed by atoms with Crippen LogP contribution in [0, 0.1) is 0 Å². The third kappa shape index (κ3) is 2.44. The van der Waals surface area contributed by atoms with Crippen molar-refractivity contribution in [2.75, 3.05) is 0 Å². The van der Waals surface area contributed by atoms with E-state index in [4.69, 9.17) is 4.42 Å². The van der Waals surface area contributed by atoms with Crippen LogP contribution in [0.25, 0.3) is 33.2 Å². The molecular formula is C21H14O2. The molecule has 0 saturated heterocycles. The van der Waals surface area contributed by atoms with Crippen LogP contribution in [-0.2, 0) is 0 Å². The summed E-state index contributed by atoms with van der Waals surface area (Å²) in [6, 6.07) is 26.4. The van der Waals surface area contributed by atoms with Gasteiger partial charge in [-0.3, -0.25) is 4.79 Å². The topological polar surface area (TPSA) is 30.2 Å². The molecule has 0 fully saturated rings. The molecular weight excluding hydrogens is 284 g/mol. The van der Waals surface area contributed by atoms with Crippen LogP contribution in [0.5, 0.6) is 0 Å². The average Bonchev–Trinajstić information content (AvgIpc) is 3.11. The summed E-state index contributed by atoms with van der Waals surface area (Å²) in [5.41, 5.74) is 3.28. The van der Waals surface area contributed by atoms with Gasteiger partial charge >= 0.3 is 0 Å². The van der Waals surface area contributed by atoms with Crippen molar-refractivity contribution < 1.29 is 9.21 Å². The third-order valence-electron chi connectivity index (χ3n) is 3.99. The summed E-state index contributed by atoms with van der Waals surface area (Å²) in [4.78, 5) is 10.8. The van der Waals surface area contributed by atoms with Gasteiger partial charge in [0.1, 0.15) is 5.76 Å². The SMILES string of the molecule is O=Cc1ccc(-c2cccc(-c3cccc4ccccc34)c2)o1. The number of carbonyl (C=O) groups excluding carboxylic acids is 1. The van der Waals surface area contributed by atoms with Crippen LogP contribution in [0.4, 0.5) is 0 Å². The maximum Gasteiger partial charge on any atom is 0.185 e. The molecule has 0 aliphatic carbocycles. The highest BCUT2D eigenvalue weighted by atomic mass is 16.3. The number of hydrogen-bond donors (Lipinski definition) is 0. The zero-order valence-corrected chi connectivity index (χ0v) is 12.4. The standard InChI is InChI=1S/C21H14O2/c22-14-18-11-12-21(23-18)17-8-3-7-16(13-17)20-10-4-6-15-5-1-2-9-19(15)20/h1-14H. The van der Waals surface area contributed by atoms with Crippen LogP contribution in [0.1, 0.15) is 10.6 Å². The highest BCUT2D eigenvalue weighted by Gasteiger charge is 2.08. The van der Waals surface area contributed by atoms with E-state index >= 15 is 0 Å². The summed E-state index contributed by atoms with van der Waals surface area (Å²) in [6.07, 6.45) is 0.720. The van der Waals surface area contributed by atoms with Crippen LogP contribution in [0.15, 0.2) is 83.3 Å². The van der Waals surface area contributed by atoms with Crippen molar-refractivity contribution in [3.05, 3.63) is 84.6 Å². The third-order valence-corrected chi connectivity index (χ3v) is 3.99. The molecule has 0 amide bonds. The molecule has 0 aliphatic heterocycles. The summed E-state index contributed by atoms with van der Waals surface area (Å²) in [6.45, 7) is 0. The minimum absolute atomic E-state index is 0.343. The lowest BCUT2D eigenvalue weighted by Gasteiger charge is -2.08. The zero-order chi connectivity index (χ0) is 15.6. The molecule has 0 bridgehead atoms. The van der Waals surface area contributed by atoms with Crippen LogP contribution in [-0.4, -0.2) is 6.29 Å². The molecule has 1 heterocycles. The first-order valence-electron chi connectivity index (χ1n) is 7.49. The number of hydrogen-bond acceptors (Lipinski definition) is 2. The molecule has 0 atom stereocenters. The van der Waals surface area contributed by atoms with E-state index in [0.717, 1.165) is 17.4 Å². The second kappa shape index (κ2) is 5.58. The Kier molecular flexibility index (Phi) is 3.28. The fourth-order valence-corrected chi connectivity index (χ4v) is 2.89. The summed E-state index contributed by atoms with van der Waals surface area (Å²) in [7, 11) is 0. The molecule has 4 rings (SSSR count). The Morgan fingerprint density at radius 3 is 2.39 bits per heavy atom. The van der Waals surface area contributed by atoms with Crippen molar-refractivity contribution >= 4 is 17.1 Å².